The summed E-state index contributed by atoms with van der Waals surface area (Å²) in [4.78, 5) is 41.8. The van der Waals surface area contributed by atoms with Crippen LogP contribution in [0.15, 0.2) is 52.1 Å². The van der Waals surface area contributed by atoms with E-state index in [1.807, 2.05) is 19.9 Å². The second-order valence-electron chi connectivity index (χ2n) is 7.74. The number of rotatable bonds is 5. The molecule has 6 nitrogen and oxygen atoms in total. The second-order valence-corrected chi connectivity index (χ2v) is 7.74. The molecule has 0 saturated heterocycles. The molecule has 0 fully saturated rings. The Balaban J connectivity index is 2.18. The molecule has 0 aliphatic carbocycles. The molecule has 0 radical (unpaired) electrons. The highest BCUT2D eigenvalue weighted by Gasteiger charge is 2.23. The van der Waals surface area contributed by atoms with Gasteiger partial charge >= 0.3 is 5.69 Å². The van der Waals surface area contributed by atoms with Crippen molar-refractivity contribution in [2.24, 2.45) is 0 Å². The van der Waals surface area contributed by atoms with E-state index in [4.69, 9.17) is 0 Å². The molecule has 0 saturated carbocycles. The summed E-state index contributed by atoms with van der Waals surface area (Å²) in [5.41, 5.74) is 2.32. The van der Waals surface area contributed by atoms with E-state index in [0.717, 1.165) is 15.7 Å². The topological polar surface area (TPSA) is 95.7 Å². The number of aromatic nitrogens is 2. The van der Waals surface area contributed by atoms with Crippen LogP contribution in [0.4, 0.5) is 0 Å². The monoisotopic (exact) mass is 401 g/mol. The summed E-state index contributed by atoms with van der Waals surface area (Å²) in [6.45, 7) is 7.35. The number of nitrogens with zero attached hydrogens (tertiary/aromatic N) is 2. The number of ketones is 1. The molecule has 0 bridgehead atoms. The first-order valence-corrected chi connectivity index (χ1v) is 9.71. The van der Waals surface area contributed by atoms with E-state index in [0.29, 0.717) is 16.7 Å². The molecule has 1 heterocycles. The molecule has 1 N–H and O–H groups in total. The van der Waals surface area contributed by atoms with Gasteiger partial charge in [0, 0.05) is 11.1 Å². The minimum atomic E-state index is -0.676. The molecular weight excluding hydrogens is 378 g/mol. The van der Waals surface area contributed by atoms with E-state index in [1.165, 1.54) is 0 Å². The van der Waals surface area contributed by atoms with Crippen molar-refractivity contribution in [2.45, 2.75) is 40.2 Å². The highest BCUT2D eigenvalue weighted by Crippen LogP contribution is 2.19. The zero-order chi connectivity index (χ0) is 22.0. The Morgan fingerprint density at radius 3 is 2.33 bits per heavy atom. The van der Waals surface area contributed by atoms with Crippen LogP contribution in [0.25, 0.3) is 0 Å². The van der Waals surface area contributed by atoms with Gasteiger partial charge in [-0.05, 0) is 43.5 Å². The fourth-order valence-corrected chi connectivity index (χ4v) is 3.63. The Bertz CT molecular complexity index is 1270. The van der Waals surface area contributed by atoms with Crippen LogP contribution in [0.1, 0.15) is 63.6 Å². The third-order valence-corrected chi connectivity index (χ3v) is 4.98. The fraction of sp³-hybridized carbons (Fsp3) is 0.250. The minimum absolute atomic E-state index is 0.0230. The summed E-state index contributed by atoms with van der Waals surface area (Å²) in [7, 11) is 0. The standard InChI is InChI=1S/C24H23N3O3/c1-14(2)20-21(22(28)19-10-15(3)9-16(4)11-19)26-24(30)27(23(20)29)13-18-8-6-5-7-17(18)12-25/h5-11,14H,13H2,1-4H3,(H,26,30). The van der Waals surface area contributed by atoms with Crippen LogP contribution < -0.4 is 11.2 Å². The lowest BCUT2D eigenvalue weighted by atomic mass is 9.95. The Morgan fingerprint density at radius 1 is 1.10 bits per heavy atom. The van der Waals surface area contributed by atoms with Crippen LogP contribution in [0, 0.1) is 25.2 Å². The summed E-state index contributed by atoms with van der Waals surface area (Å²) in [5, 5.41) is 9.30. The van der Waals surface area contributed by atoms with Gasteiger partial charge in [0.2, 0.25) is 5.78 Å². The Morgan fingerprint density at radius 2 is 1.73 bits per heavy atom. The van der Waals surface area contributed by atoms with Crippen molar-refractivity contribution in [2.75, 3.05) is 0 Å². The van der Waals surface area contributed by atoms with E-state index < -0.39 is 11.2 Å². The molecule has 3 aromatic rings. The van der Waals surface area contributed by atoms with Crippen LogP contribution in [0.2, 0.25) is 0 Å². The molecule has 0 amide bonds. The van der Waals surface area contributed by atoms with Crippen molar-refractivity contribution in [3.8, 4) is 6.07 Å². The van der Waals surface area contributed by atoms with Crippen LogP contribution in [0.3, 0.4) is 0 Å². The number of nitriles is 1. The fourth-order valence-electron chi connectivity index (χ4n) is 3.63. The normalized spacial score (nSPS) is 10.8. The predicted octanol–water partition coefficient (Wildman–Crippen LogP) is 3.43. The highest BCUT2D eigenvalue weighted by atomic mass is 16.2. The number of hydrogen-bond acceptors (Lipinski definition) is 4. The summed E-state index contributed by atoms with van der Waals surface area (Å²) in [6.07, 6.45) is 0. The quantitative estimate of drug-likeness (QED) is 0.663. The van der Waals surface area contributed by atoms with Crippen LogP contribution in [-0.2, 0) is 6.54 Å². The zero-order valence-corrected chi connectivity index (χ0v) is 17.4. The van der Waals surface area contributed by atoms with E-state index >= 15 is 0 Å². The van der Waals surface area contributed by atoms with Crippen LogP contribution in [-0.4, -0.2) is 15.3 Å². The smallest absolute Gasteiger partial charge is 0.303 e. The molecule has 0 spiro atoms. The Labute approximate surface area is 174 Å². The molecule has 0 atom stereocenters. The van der Waals surface area contributed by atoms with Crippen molar-refractivity contribution in [3.63, 3.8) is 0 Å². The number of carbonyl (C=O) groups excluding carboxylic acids is 1. The van der Waals surface area contributed by atoms with Crippen molar-refractivity contribution >= 4 is 5.78 Å². The lowest BCUT2D eigenvalue weighted by molar-refractivity contribution is 0.103. The number of benzene rings is 2. The van der Waals surface area contributed by atoms with Crippen molar-refractivity contribution < 1.29 is 4.79 Å². The van der Waals surface area contributed by atoms with Gasteiger partial charge in [-0.25, -0.2) is 4.79 Å². The van der Waals surface area contributed by atoms with Crippen LogP contribution >= 0.6 is 0 Å². The molecular formula is C24H23N3O3. The summed E-state index contributed by atoms with van der Waals surface area (Å²) in [5.74, 6) is -0.666. The largest absolute Gasteiger partial charge is 0.329 e. The van der Waals surface area contributed by atoms with Gasteiger partial charge in [-0.1, -0.05) is 49.2 Å². The van der Waals surface area contributed by atoms with E-state index in [1.54, 1.807) is 50.2 Å². The van der Waals surface area contributed by atoms with Gasteiger partial charge in [-0.2, -0.15) is 5.26 Å². The third kappa shape index (κ3) is 4.01. The number of carbonyl (C=O) groups is 1. The molecule has 152 valence electrons. The van der Waals surface area contributed by atoms with Gasteiger partial charge in [0.1, 0.15) is 0 Å². The molecule has 1 aromatic heterocycles. The van der Waals surface area contributed by atoms with Gasteiger partial charge in [-0.3, -0.25) is 14.2 Å². The maximum atomic E-state index is 13.2. The van der Waals surface area contributed by atoms with E-state index in [-0.39, 0.29) is 29.5 Å². The lowest BCUT2D eigenvalue weighted by Crippen LogP contribution is -2.40. The number of H-pyrrole nitrogens is 1. The predicted molar refractivity (Wildman–Crippen MR) is 115 cm³/mol. The summed E-state index contributed by atoms with van der Waals surface area (Å²) in [6, 6.07) is 14.3. The van der Waals surface area contributed by atoms with Crippen molar-refractivity contribution in [3.05, 3.63) is 102 Å². The number of hydrogen-bond donors (Lipinski definition) is 1. The molecule has 3 rings (SSSR count). The summed E-state index contributed by atoms with van der Waals surface area (Å²) >= 11 is 0. The molecule has 0 unspecified atom stereocenters. The van der Waals surface area contributed by atoms with E-state index in [9.17, 15) is 19.6 Å². The van der Waals surface area contributed by atoms with E-state index in [2.05, 4.69) is 11.1 Å². The Kier molecular flexibility index (Phi) is 5.84. The van der Waals surface area contributed by atoms with Gasteiger partial charge in [0.05, 0.1) is 23.9 Å². The minimum Gasteiger partial charge on any atom is -0.303 e. The third-order valence-electron chi connectivity index (χ3n) is 4.98. The average Bonchev–Trinajstić information content (AvgIpc) is 2.69. The van der Waals surface area contributed by atoms with Crippen LogP contribution in [0.5, 0.6) is 0 Å². The van der Waals surface area contributed by atoms with Crippen molar-refractivity contribution in [1.29, 1.82) is 5.26 Å². The average molecular weight is 401 g/mol. The number of nitrogens with one attached hydrogen (secondary N) is 1. The SMILES string of the molecule is Cc1cc(C)cc(C(=O)c2[nH]c(=O)n(Cc3ccccc3C#N)c(=O)c2C(C)C)c1. The first kappa shape index (κ1) is 21.0. The first-order chi connectivity index (χ1) is 14.2. The number of aromatic amines is 1. The molecule has 0 aliphatic heterocycles. The molecule has 2 aromatic carbocycles. The summed E-state index contributed by atoms with van der Waals surface area (Å²) < 4.78 is 1.05. The second kappa shape index (κ2) is 8.34. The molecule has 0 aliphatic rings. The molecule has 30 heavy (non-hydrogen) atoms. The maximum Gasteiger partial charge on any atom is 0.329 e. The highest BCUT2D eigenvalue weighted by molar-refractivity contribution is 6.08. The first-order valence-electron chi connectivity index (χ1n) is 9.71. The zero-order valence-electron chi connectivity index (χ0n) is 17.4. The van der Waals surface area contributed by atoms with Crippen molar-refractivity contribution in [1.82, 2.24) is 9.55 Å². The maximum absolute atomic E-state index is 13.2. The van der Waals surface area contributed by atoms with Gasteiger partial charge in [-0.15, -0.1) is 0 Å². The van der Waals surface area contributed by atoms with Gasteiger partial charge in [0.15, 0.2) is 0 Å². The molecule has 6 heteroatoms. The lowest BCUT2D eigenvalue weighted by Gasteiger charge is -2.15. The van der Waals surface area contributed by atoms with Gasteiger partial charge < -0.3 is 4.98 Å². The Hall–Kier alpha value is -3.72. The van der Waals surface area contributed by atoms with Gasteiger partial charge in [0.25, 0.3) is 5.56 Å². The number of aryl methyl sites for hydroxylation is 2.